The molecule has 0 heterocycles. The van der Waals surface area contributed by atoms with Crippen LogP contribution >= 0.6 is 12.4 Å². The maximum absolute atomic E-state index is 12.1. The fraction of sp³-hybridized carbons (Fsp3) is 0.769. The van der Waals surface area contributed by atoms with Gasteiger partial charge in [0, 0.05) is 6.54 Å². The van der Waals surface area contributed by atoms with E-state index in [2.05, 4.69) is 5.16 Å². The molecule has 0 aromatic carbocycles. The predicted octanol–water partition coefficient (Wildman–Crippen LogP) is 1.79. The number of oxime groups is 1. The summed E-state index contributed by atoms with van der Waals surface area (Å²) in [6.07, 6.45) is -2.03. The summed E-state index contributed by atoms with van der Waals surface area (Å²) >= 11 is 0. The first-order valence-electron chi connectivity index (χ1n) is 6.79. The molecule has 2 amide bonds. The predicted molar refractivity (Wildman–Crippen MR) is 88.2 cm³/mol. The Morgan fingerprint density at radius 1 is 1.00 bits per heavy atom. The average molecular weight is 355 g/mol. The summed E-state index contributed by atoms with van der Waals surface area (Å²) in [6.45, 7) is 10.2. The largest absolute Gasteiger partial charge is 0.443 e. The van der Waals surface area contributed by atoms with Gasteiger partial charge in [0.2, 0.25) is 0 Å². The average Bonchev–Trinajstić information content (AvgIpc) is 2.24. The number of hydrogen-bond donors (Lipinski definition) is 2. The van der Waals surface area contributed by atoms with Crippen LogP contribution in [0.1, 0.15) is 41.5 Å². The Morgan fingerprint density at radius 3 is 1.70 bits per heavy atom. The summed E-state index contributed by atoms with van der Waals surface area (Å²) in [5, 5.41) is 3.46. The normalized spacial score (nSPS) is 12.0. The van der Waals surface area contributed by atoms with Gasteiger partial charge >= 0.3 is 12.2 Å². The van der Waals surface area contributed by atoms with Gasteiger partial charge in [0.25, 0.3) is 5.96 Å². The van der Waals surface area contributed by atoms with Crippen molar-refractivity contribution >= 4 is 30.6 Å². The highest BCUT2D eigenvalue weighted by atomic mass is 35.5. The van der Waals surface area contributed by atoms with Crippen molar-refractivity contribution in [1.82, 2.24) is 4.90 Å². The summed E-state index contributed by atoms with van der Waals surface area (Å²) in [4.78, 5) is 29.5. The molecule has 0 aromatic heterocycles. The number of nitrogens with two attached hydrogens (primary N) is 2. The third kappa shape index (κ3) is 10.6. The smallest absolute Gasteiger partial charge is 0.427 e. The highest BCUT2D eigenvalue weighted by Gasteiger charge is 2.34. The first-order valence-corrected chi connectivity index (χ1v) is 6.79. The van der Waals surface area contributed by atoms with E-state index in [9.17, 15) is 9.59 Å². The number of carbonyl (C=O) groups is 2. The molecule has 23 heavy (non-hydrogen) atoms. The Morgan fingerprint density at radius 2 is 1.39 bits per heavy atom. The fourth-order valence-corrected chi connectivity index (χ4v) is 1.08. The minimum absolute atomic E-state index is 0. The molecule has 0 bridgehead atoms. The number of hydrogen-bond acceptors (Lipinski definition) is 7. The lowest BCUT2D eigenvalue weighted by Gasteiger charge is -2.27. The van der Waals surface area contributed by atoms with Gasteiger partial charge in [-0.2, -0.15) is 0 Å². The second kappa shape index (κ2) is 9.41. The minimum atomic E-state index is -1.01. The molecule has 0 aliphatic carbocycles. The SMILES string of the molecule is CC(C)(C)OC(=O)N(C(=O)OC(C)(C)C)/C(N)=N/OCCN.Cl. The number of nitrogens with zero attached hydrogens (tertiary/aromatic N) is 2. The van der Waals surface area contributed by atoms with Crippen LogP contribution in [0.3, 0.4) is 0 Å². The molecular weight excluding hydrogens is 328 g/mol. The Bertz CT molecular complexity index is 401. The molecule has 0 fully saturated rings. The Balaban J connectivity index is 0. The van der Waals surface area contributed by atoms with Gasteiger partial charge in [-0.3, -0.25) is 0 Å². The number of amides is 2. The van der Waals surface area contributed by atoms with Crippen LogP contribution in [0.25, 0.3) is 0 Å². The van der Waals surface area contributed by atoms with Crippen molar-refractivity contribution in [3.8, 4) is 0 Å². The van der Waals surface area contributed by atoms with E-state index in [0.29, 0.717) is 4.90 Å². The van der Waals surface area contributed by atoms with Gasteiger partial charge in [-0.05, 0) is 46.7 Å². The third-order valence-corrected chi connectivity index (χ3v) is 1.75. The molecule has 0 unspecified atom stereocenters. The molecule has 4 N–H and O–H groups in total. The summed E-state index contributed by atoms with van der Waals surface area (Å²) in [5.74, 6) is -0.503. The lowest BCUT2D eigenvalue weighted by Crippen LogP contribution is -2.50. The van der Waals surface area contributed by atoms with Gasteiger partial charge in [-0.1, -0.05) is 0 Å². The Kier molecular flexibility index (Phi) is 9.63. The van der Waals surface area contributed by atoms with E-state index in [1.807, 2.05) is 0 Å². The zero-order valence-corrected chi connectivity index (χ0v) is 15.2. The number of carbonyl (C=O) groups excluding carboxylic acids is 2. The minimum Gasteiger partial charge on any atom is -0.443 e. The topological polar surface area (TPSA) is 129 Å². The van der Waals surface area contributed by atoms with Crippen LogP contribution in [0.4, 0.5) is 9.59 Å². The summed E-state index contributed by atoms with van der Waals surface area (Å²) < 4.78 is 10.2. The monoisotopic (exact) mass is 354 g/mol. The maximum Gasteiger partial charge on any atom is 0.427 e. The molecule has 10 heteroatoms. The van der Waals surface area contributed by atoms with Gasteiger partial charge in [0.1, 0.15) is 17.8 Å². The van der Waals surface area contributed by atoms with Gasteiger partial charge in [0.05, 0.1) is 0 Å². The van der Waals surface area contributed by atoms with Gasteiger partial charge < -0.3 is 25.8 Å². The van der Waals surface area contributed by atoms with Crippen LogP contribution in [-0.2, 0) is 14.3 Å². The molecule has 0 aliphatic rings. The maximum atomic E-state index is 12.1. The lowest BCUT2D eigenvalue weighted by molar-refractivity contribution is 0.0134. The van der Waals surface area contributed by atoms with Crippen molar-refractivity contribution in [2.75, 3.05) is 13.2 Å². The van der Waals surface area contributed by atoms with Crippen LogP contribution in [0, 0.1) is 0 Å². The highest BCUT2D eigenvalue weighted by molar-refractivity contribution is 6.07. The van der Waals surface area contributed by atoms with Crippen molar-refractivity contribution in [3.05, 3.63) is 0 Å². The zero-order valence-electron chi connectivity index (χ0n) is 14.4. The van der Waals surface area contributed by atoms with Crippen LogP contribution in [0.15, 0.2) is 5.16 Å². The van der Waals surface area contributed by atoms with Crippen molar-refractivity contribution in [1.29, 1.82) is 0 Å². The fourth-order valence-electron chi connectivity index (χ4n) is 1.08. The molecule has 0 saturated carbocycles. The van der Waals surface area contributed by atoms with Gasteiger partial charge in [-0.15, -0.1) is 17.3 Å². The standard InChI is InChI=1S/C13H26N4O5.ClH/c1-12(2,3)21-10(18)17(9(15)16-20-8-7-14)11(19)22-13(4,5)6;/h7-8,14H2,1-6H3,(H2,15,16);1H. The van der Waals surface area contributed by atoms with Crippen molar-refractivity contribution < 1.29 is 23.9 Å². The molecular formula is C13H27ClN4O5. The number of ether oxygens (including phenoxy) is 2. The molecule has 136 valence electrons. The van der Waals surface area contributed by atoms with E-state index >= 15 is 0 Å². The van der Waals surface area contributed by atoms with E-state index in [0.717, 1.165) is 0 Å². The lowest BCUT2D eigenvalue weighted by atomic mass is 10.2. The van der Waals surface area contributed by atoms with E-state index in [1.54, 1.807) is 41.5 Å². The second-order valence-electron chi connectivity index (χ2n) is 6.37. The number of guanidine groups is 1. The number of rotatable bonds is 3. The zero-order chi connectivity index (χ0) is 17.6. The van der Waals surface area contributed by atoms with Gasteiger partial charge in [-0.25, -0.2) is 9.59 Å². The summed E-state index contributed by atoms with van der Waals surface area (Å²) in [5.41, 5.74) is 9.20. The quantitative estimate of drug-likeness (QED) is 0.342. The van der Waals surface area contributed by atoms with Crippen molar-refractivity contribution in [2.24, 2.45) is 16.6 Å². The van der Waals surface area contributed by atoms with Crippen LogP contribution in [-0.4, -0.2) is 47.4 Å². The first-order chi connectivity index (χ1) is 9.87. The van der Waals surface area contributed by atoms with Gasteiger partial charge in [0.15, 0.2) is 0 Å². The van der Waals surface area contributed by atoms with Crippen LogP contribution in [0.2, 0.25) is 0 Å². The first kappa shape index (κ1) is 23.5. The Hall–Kier alpha value is -1.74. The van der Waals surface area contributed by atoms with Crippen molar-refractivity contribution in [2.45, 2.75) is 52.7 Å². The molecule has 0 saturated heterocycles. The molecule has 0 rings (SSSR count). The van der Waals surface area contributed by atoms with E-state index in [4.69, 9.17) is 25.8 Å². The molecule has 0 radical (unpaired) electrons. The molecule has 0 atom stereocenters. The summed E-state index contributed by atoms with van der Waals surface area (Å²) in [7, 11) is 0. The van der Waals surface area contributed by atoms with E-state index in [1.165, 1.54) is 0 Å². The Labute approximate surface area is 142 Å². The summed E-state index contributed by atoms with van der Waals surface area (Å²) in [6, 6.07) is 0. The molecule has 0 aromatic rings. The molecule has 9 nitrogen and oxygen atoms in total. The highest BCUT2D eigenvalue weighted by Crippen LogP contribution is 2.14. The molecule has 0 aliphatic heterocycles. The number of halogens is 1. The number of imide groups is 1. The van der Waals surface area contributed by atoms with E-state index in [-0.39, 0.29) is 25.6 Å². The molecule has 0 spiro atoms. The van der Waals surface area contributed by atoms with Crippen LogP contribution in [0.5, 0.6) is 0 Å². The third-order valence-electron chi connectivity index (χ3n) is 1.75. The van der Waals surface area contributed by atoms with E-state index < -0.39 is 29.3 Å². The van der Waals surface area contributed by atoms with Crippen molar-refractivity contribution in [3.63, 3.8) is 0 Å². The van der Waals surface area contributed by atoms with Crippen LogP contribution < -0.4 is 11.5 Å². The second-order valence-corrected chi connectivity index (χ2v) is 6.37.